The van der Waals surface area contributed by atoms with E-state index >= 15 is 0 Å². The second-order valence-corrected chi connectivity index (χ2v) is 6.91. The Labute approximate surface area is 109 Å². The third-order valence-electron chi connectivity index (χ3n) is 3.89. The van der Waals surface area contributed by atoms with E-state index in [-0.39, 0.29) is 17.4 Å². The molecule has 4 heteroatoms. The molecule has 1 heterocycles. The molecule has 1 unspecified atom stereocenters. The average Bonchev–Trinajstić information content (AvgIpc) is 2.16. The summed E-state index contributed by atoms with van der Waals surface area (Å²) in [6.45, 7) is 9.13. The first-order valence-corrected chi connectivity index (χ1v) is 6.71. The largest absolute Gasteiger partial charge is 0.444 e. The molecule has 4 nitrogen and oxygen atoms in total. The number of rotatable bonds is 0. The van der Waals surface area contributed by atoms with Gasteiger partial charge in [0.15, 0.2) is 0 Å². The van der Waals surface area contributed by atoms with Crippen molar-refractivity contribution in [2.45, 2.75) is 52.6 Å². The van der Waals surface area contributed by atoms with Crippen molar-refractivity contribution in [2.24, 2.45) is 11.3 Å². The molecule has 2 aliphatic rings. The summed E-state index contributed by atoms with van der Waals surface area (Å²) in [5.41, 5.74) is -0.250. The van der Waals surface area contributed by atoms with E-state index in [1.165, 1.54) is 0 Å². The van der Waals surface area contributed by atoms with Crippen molar-refractivity contribution < 1.29 is 14.3 Å². The van der Waals surface area contributed by atoms with Crippen molar-refractivity contribution in [1.82, 2.24) is 4.90 Å². The normalized spacial score (nSPS) is 27.0. The fraction of sp³-hybridized carbons (Fsp3) is 0.857. The first-order valence-electron chi connectivity index (χ1n) is 6.71. The monoisotopic (exact) mass is 253 g/mol. The van der Waals surface area contributed by atoms with Gasteiger partial charge < -0.3 is 9.64 Å². The Hall–Kier alpha value is -1.06. The predicted molar refractivity (Wildman–Crippen MR) is 68.3 cm³/mol. The molecule has 1 saturated heterocycles. The van der Waals surface area contributed by atoms with Crippen molar-refractivity contribution in [3.63, 3.8) is 0 Å². The van der Waals surface area contributed by atoms with Gasteiger partial charge in [-0.15, -0.1) is 0 Å². The third-order valence-corrected chi connectivity index (χ3v) is 3.89. The first kappa shape index (κ1) is 13.4. The minimum absolute atomic E-state index is 0.152. The number of carbonyl (C=O) groups excluding carboxylic acids is 2. The van der Waals surface area contributed by atoms with E-state index in [0.29, 0.717) is 12.2 Å². The summed E-state index contributed by atoms with van der Waals surface area (Å²) in [6.07, 6.45) is 2.29. The highest BCUT2D eigenvalue weighted by molar-refractivity contribution is 5.81. The van der Waals surface area contributed by atoms with Crippen LogP contribution in [0.5, 0.6) is 0 Å². The maximum Gasteiger partial charge on any atom is 0.410 e. The second kappa shape index (κ2) is 4.25. The smallest absolute Gasteiger partial charge is 0.410 e. The molecule has 1 spiro atoms. The van der Waals surface area contributed by atoms with Crippen LogP contribution in [0.4, 0.5) is 4.79 Å². The molecule has 2 rings (SSSR count). The lowest BCUT2D eigenvalue weighted by Crippen LogP contribution is -2.61. The Morgan fingerprint density at radius 2 is 2.00 bits per heavy atom. The molecule has 0 aromatic rings. The fourth-order valence-corrected chi connectivity index (χ4v) is 3.01. The Morgan fingerprint density at radius 1 is 1.39 bits per heavy atom. The van der Waals surface area contributed by atoms with E-state index in [1.54, 1.807) is 4.90 Å². The highest BCUT2D eigenvalue weighted by Crippen LogP contribution is 2.45. The van der Waals surface area contributed by atoms with Crippen LogP contribution >= 0.6 is 0 Å². The van der Waals surface area contributed by atoms with Crippen LogP contribution in [0.15, 0.2) is 0 Å². The number of ether oxygens (including phenoxy) is 1. The average molecular weight is 253 g/mol. The summed E-state index contributed by atoms with van der Waals surface area (Å²) in [6, 6.07) is 0. The number of hydrogen-bond donors (Lipinski definition) is 0. The molecule has 102 valence electrons. The van der Waals surface area contributed by atoms with Gasteiger partial charge in [-0.1, -0.05) is 6.92 Å². The molecule has 0 bridgehead atoms. The molecule has 2 fully saturated rings. The van der Waals surface area contributed by atoms with Gasteiger partial charge in [-0.05, 0) is 33.6 Å². The molecule has 18 heavy (non-hydrogen) atoms. The fourth-order valence-electron chi connectivity index (χ4n) is 3.01. The molecule has 0 radical (unpaired) electrons. The number of amides is 1. The minimum atomic E-state index is -0.435. The standard InChI is InChI=1S/C14H23NO3/c1-10-7-14(6-5-11(10)16)8-15(9-14)12(17)18-13(2,3)4/h10H,5-9H2,1-4H3. The summed E-state index contributed by atoms with van der Waals surface area (Å²) in [7, 11) is 0. The zero-order valence-corrected chi connectivity index (χ0v) is 11.8. The number of nitrogens with zero attached hydrogens (tertiary/aromatic N) is 1. The lowest BCUT2D eigenvalue weighted by Gasteiger charge is -2.52. The van der Waals surface area contributed by atoms with Crippen LogP contribution in [0.25, 0.3) is 0 Å². The molecule has 1 amide bonds. The van der Waals surface area contributed by atoms with Gasteiger partial charge >= 0.3 is 6.09 Å². The van der Waals surface area contributed by atoms with Crippen LogP contribution < -0.4 is 0 Å². The Bertz CT molecular complexity index is 364. The highest BCUT2D eigenvalue weighted by Gasteiger charge is 2.49. The van der Waals surface area contributed by atoms with Crippen molar-refractivity contribution in [3.05, 3.63) is 0 Å². The molecular weight excluding hydrogens is 230 g/mol. The molecule has 1 aliphatic carbocycles. The number of likely N-dealkylation sites (tertiary alicyclic amines) is 1. The van der Waals surface area contributed by atoms with Gasteiger partial charge in [0.25, 0.3) is 0 Å². The molecule has 0 N–H and O–H groups in total. The zero-order chi connectivity index (χ0) is 13.6. The van der Waals surface area contributed by atoms with Crippen molar-refractivity contribution in [1.29, 1.82) is 0 Å². The van der Waals surface area contributed by atoms with E-state index in [2.05, 4.69) is 0 Å². The molecule has 1 atom stereocenters. The zero-order valence-electron chi connectivity index (χ0n) is 11.8. The van der Waals surface area contributed by atoms with Gasteiger partial charge in [-0.2, -0.15) is 0 Å². The molecule has 0 aromatic heterocycles. The van der Waals surface area contributed by atoms with Gasteiger partial charge in [0, 0.05) is 30.8 Å². The summed E-state index contributed by atoms with van der Waals surface area (Å²) in [5.74, 6) is 0.524. The lowest BCUT2D eigenvalue weighted by atomic mass is 9.65. The highest BCUT2D eigenvalue weighted by atomic mass is 16.6. The van der Waals surface area contributed by atoms with Gasteiger partial charge in [-0.3, -0.25) is 4.79 Å². The van der Waals surface area contributed by atoms with Crippen LogP contribution in [-0.4, -0.2) is 35.5 Å². The van der Waals surface area contributed by atoms with Crippen LogP contribution in [0.1, 0.15) is 47.0 Å². The first-order chi connectivity index (χ1) is 8.21. The van der Waals surface area contributed by atoms with Gasteiger partial charge in [0.1, 0.15) is 11.4 Å². The van der Waals surface area contributed by atoms with Crippen LogP contribution in [-0.2, 0) is 9.53 Å². The third kappa shape index (κ3) is 2.68. The number of carbonyl (C=O) groups is 2. The SMILES string of the molecule is CC1CC2(CCC1=O)CN(C(=O)OC(C)(C)C)C2. The van der Waals surface area contributed by atoms with Gasteiger partial charge in [-0.25, -0.2) is 4.79 Å². The quantitative estimate of drug-likeness (QED) is 0.666. The minimum Gasteiger partial charge on any atom is -0.444 e. The van der Waals surface area contributed by atoms with E-state index < -0.39 is 5.60 Å². The Balaban J connectivity index is 1.86. The maximum atomic E-state index is 11.8. The number of Topliss-reactive ketones (excluding diaryl/α,β-unsaturated/α-hetero) is 1. The van der Waals surface area contributed by atoms with Crippen molar-refractivity contribution in [3.8, 4) is 0 Å². The van der Waals surface area contributed by atoms with Crippen LogP contribution in [0.3, 0.4) is 0 Å². The molecule has 0 aromatic carbocycles. The Morgan fingerprint density at radius 3 is 2.50 bits per heavy atom. The second-order valence-electron chi connectivity index (χ2n) is 6.91. The van der Waals surface area contributed by atoms with E-state index in [1.807, 2.05) is 27.7 Å². The van der Waals surface area contributed by atoms with Crippen molar-refractivity contribution >= 4 is 11.9 Å². The van der Waals surface area contributed by atoms with E-state index in [9.17, 15) is 9.59 Å². The van der Waals surface area contributed by atoms with E-state index in [4.69, 9.17) is 4.74 Å². The summed E-state index contributed by atoms with van der Waals surface area (Å²) < 4.78 is 5.34. The summed E-state index contributed by atoms with van der Waals surface area (Å²) in [4.78, 5) is 25.1. The van der Waals surface area contributed by atoms with E-state index in [0.717, 1.165) is 25.9 Å². The number of ketones is 1. The predicted octanol–water partition coefficient (Wildman–Crippen LogP) is 2.61. The van der Waals surface area contributed by atoms with Gasteiger partial charge in [0.05, 0.1) is 0 Å². The summed E-state index contributed by atoms with van der Waals surface area (Å²) in [5, 5.41) is 0. The van der Waals surface area contributed by atoms with Gasteiger partial charge in [0.2, 0.25) is 0 Å². The lowest BCUT2D eigenvalue weighted by molar-refractivity contribution is -0.131. The van der Waals surface area contributed by atoms with Crippen molar-refractivity contribution in [2.75, 3.05) is 13.1 Å². The molecule has 1 saturated carbocycles. The summed E-state index contributed by atoms with van der Waals surface area (Å²) >= 11 is 0. The molecular formula is C14H23NO3. The number of hydrogen-bond acceptors (Lipinski definition) is 3. The molecule has 1 aliphatic heterocycles. The topological polar surface area (TPSA) is 46.6 Å². The van der Waals surface area contributed by atoms with Crippen LogP contribution in [0, 0.1) is 11.3 Å². The maximum absolute atomic E-state index is 11.8. The van der Waals surface area contributed by atoms with Crippen LogP contribution in [0.2, 0.25) is 0 Å². The Kier molecular flexibility index (Phi) is 3.16.